The van der Waals surface area contributed by atoms with Crippen molar-refractivity contribution in [1.82, 2.24) is 10.6 Å². The zero-order valence-electron chi connectivity index (χ0n) is 19.5. The summed E-state index contributed by atoms with van der Waals surface area (Å²) in [5.74, 6) is 0.288. The number of likely N-dealkylation sites (N-methyl/N-ethyl adjacent to an activating group) is 1. The van der Waals surface area contributed by atoms with Gasteiger partial charge in [0.25, 0.3) is 0 Å². The van der Waals surface area contributed by atoms with Gasteiger partial charge >= 0.3 is 0 Å². The molecule has 0 bridgehead atoms. The van der Waals surface area contributed by atoms with Crippen molar-refractivity contribution in [3.05, 3.63) is 24.3 Å². The van der Waals surface area contributed by atoms with Gasteiger partial charge in [-0.25, -0.2) is 0 Å². The highest BCUT2D eigenvalue weighted by molar-refractivity contribution is 5.76. The van der Waals surface area contributed by atoms with Crippen molar-refractivity contribution >= 4 is 11.8 Å². The molecule has 0 spiro atoms. The van der Waals surface area contributed by atoms with Gasteiger partial charge in [0.15, 0.2) is 0 Å². The smallest absolute Gasteiger partial charge is 0.220 e. The highest BCUT2D eigenvalue weighted by atomic mass is 16.2. The van der Waals surface area contributed by atoms with Crippen molar-refractivity contribution in [2.24, 2.45) is 0 Å². The first-order chi connectivity index (χ1) is 14.0. The summed E-state index contributed by atoms with van der Waals surface area (Å²) in [7, 11) is 0. The van der Waals surface area contributed by atoms with Gasteiger partial charge in [0.05, 0.1) is 39.3 Å². The Morgan fingerprint density at radius 3 is 1.45 bits per heavy atom. The predicted octanol–water partition coefficient (Wildman–Crippen LogP) is 4.35. The Kier molecular flexibility index (Phi) is 17.4. The molecule has 0 aromatic carbocycles. The van der Waals surface area contributed by atoms with Crippen LogP contribution in [0.25, 0.3) is 0 Å². The number of nitrogens with zero attached hydrogens (tertiary/aromatic N) is 1. The molecule has 0 unspecified atom stereocenters. The molecule has 0 rings (SSSR count). The molecular formula is C24H46N3O2+. The second-order valence-electron chi connectivity index (χ2n) is 7.66. The lowest BCUT2D eigenvalue weighted by atomic mass is 10.2. The summed E-state index contributed by atoms with van der Waals surface area (Å²) in [5.41, 5.74) is 0. The monoisotopic (exact) mass is 408 g/mol. The second kappa shape index (κ2) is 18.4. The van der Waals surface area contributed by atoms with Crippen LogP contribution in [0.5, 0.6) is 0 Å². The Balaban J connectivity index is 4.10. The summed E-state index contributed by atoms with van der Waals surface area (Å²) in [4.78, 5) is 24.0. The first-order valence-corrected chi connectivity index (χ1v) is 11.7. The lowest BCUT2D eigenvalue weighted by Crippen LogP contribution is -2.54. The molecule has 0 heterocycles. The maximum Gasteiger partial charge on any atom is 0.220 e. The molecule has 0 fully saturated rings. The van der Waals surface area contributed by atoms with Gasteiger partial charge in [0, 0.05) is 12.8 Å². The molecule has 0 radical (unpaired) electrons. The van der Waals surface area contributed by atoms with E-state index in [1.54, 1.807) is 0 Å². The topological polar surface area (TPSA) is 58.2 Å². The molecule has 0 aliphatic heterocycles. The Bertz CT molecular complexity index is 443. The van der Waals surface area contributed by atoms with Crippen LogP contribution >= 0.6 is 0 Å². The van der Waals surface area contributed by atoms with Gasteiger partial charge in [-0.1, -0.05) is 38.2 Å². The lowest BCUT2D eigenvalue weighted by molar-refractivity contribution is -0.922. The lowest BCUT2D eigenvalue weighted by Gasteiger charge is -2.37. The quantitative estimate of drug-likeness (QED) is 0.201. The van der Waals surface area contributed by atoms with E-state index in [2.05, 4.69) is 62.6 Å². The van der Waals surface area contributed by atoms with Crippen LogP contribution in [-0.2, 0) is 9.59 Å². The first-order valence-electron chi connectivity index (χ1n) is 11.7. The van der Waals surface area contributed by atoms with Gasteiger partial charge in [-0.15, -0.1) is 0 Å². The zero-order valence-corrected chi connectivity index (χ0v) is 19.5. The number of hydrogen-bond acceptors (Lipinski definition) is 2. The molecule has 0 aliphatic rings. The molecule has 0 saturated carbocycles. The third-order valence-corrected chi connectivity index (χ3v) is 5.51. The minimum atomic E-state index is 0.144. The minimum absolute atomic E-state index is 0.144. The highest BCUT2D eigenvalue weighted by Gasteiger charge is 2.22. The normalized spacial score (nSPS) is 12.0. The molecule has 0 aromatic heterocycles. The third kappa shape index (κ3) is 15.0. The number of hydrogen-bond donors (Lipinski definition) is 2. The van der Waals surface area contributed by atoms with E-state index in [-0.39, 0.29) is 11.8 Å². The molecule has 5 nitrogen and oxygen atoms in total. The number of carbonyl (C=O) groups is 2. The SMILES string of the molecule is CC/C=C/CCCC(=O)NCC[N+](CC)(CC)CCNC(=O)CCC/C=C/CC. The number of quaternary nitrogens is 1. The number of carbonyl (C=O) groups excluding carboxylic acids is 2. The number of amides is 2. The average Bonchev–Trinajstić information content (AvgIpc) is 2.72. The van der Waals surface area contributed by atoms with E-state index < -0.39 is 0 Å². The van der Waals surface area contributed by atoms with Crippen molar-refractivity contribution in [3.63, 3.8) is 0 Å². The van der Waals surface area contributed by atoms with E-state index in [0.717, 1.165) is 69.2 Å². The van der Waals surface area contributed by atoms with Crippen LogP contribution in [0.4, 0.5) is 0 Å². The molecule has 2 N–H and O–H groups in total. The molecule has 168 valence electrons. The molecular weight excluding hydrogens is 362 g/mol. The van der Waals surface area contributed by atoms with E-state index in [1.165, 1.54) is 0 Å². The van der Waals surface area contributed by atoms with E-state index in [4.69, 9.17) is 0 Å². The van der Waals surface area contributed by atoms with Crippen LogP contribution in [0, 0.1) is 0 Å². The number of nitrogens with one attached hydrogen (secondary N) is 2. The fourth-order valence-electron chi connectivity index (χ4n) is 3.34. The summed E-state index contributed by atoms with van der Waals surface area (Å²) in [6.45, 7) is 13.8. The Morgan fingerprint density at radius 2 is 1.10 bits per heavy atom. The third-order valence-electron chi connectivity index (χ3n) is 5.51. The number of allylic oxidation sites excluding steroid dienone is 4. The van der Waals surface area contributed by atoms with Gasteiger partial charge < -0.3 is 15.1 Å². The van der Waals surface area contributed by atoms with E-state index >= 15 is 0 Å². The highest BCUT2D eigenvalue weighted by Crippen LogP contribution is 2.05. The fourth-order valence-corrected chi connectivity index (χ4v) is 3.34. The van der Waals surface area contributed by atoms with Crippen LogP contribution < -0.4 is 10.6 Å². The summed E-state index contributed by atoms with van der Waals surface area (Å²) in [6.07, 6.45) is 15.6. The molecule has 0 aliphatic carbocycles. The first kappa shape index (κ1) is 27.4. The van der Waals surface area contributed by atoms with Gasteiger partial charge in [-0.3, -0.25) is 9.59 Å². The largest absolute Gasteiger partial charge is 0.350 e. The maximum atomic E-state index is 12.0. The maximum absolute atomic E-state index is 12.0. The van der Waals surface area contributed by atoms with Gasteiger partial charge in [-0.05, 0) is 52.4 Å². The minimum Gasteiger partial charge on any atom is -0.350 e. The number of unbranched alkanes of at least 4 members (excludes halogenated alkanes) is 2. The molecule has 0 atom stereocenters. The second-order valence-corrected chi connectivity index (χ2v) is 7.66. The predicted molar refractivity (Wildman–Crippen MR) is 124 cm³/mol. The molecule has 5 heteroatoms. The Labute approximate surface area is 179 Å². The van der Waals surface area contributed by atoms with Crippen LogP contribution in [0.1, 0.15) is 79.1 Å². The summed E-state index contributed by atoms with van der Waals surface area (Å²) in [5, 5.41) is 6.14. The fraction of sp³-hybridized carbons (Fsp3) is 0.750. The summed E-state index contributed by atoms with van der Waals surface area (Å²) < 4.78 is 0.916. The van der Waals surface area contributed by atoms with Crippen LogP contribution in [0.3, 0.4) is 0 Å². The molecule has 29 heavy (non-hydrogen) atoms. The van der Waals surface area contributed by atoms with Crippen molar-refractivity contribution in [1.29, 1.82) is 0 Å². The average molecular weight is 409 g/mol. The van der Waals surface area contributed by atoms with Crippen LogP contribution in [0.15, 0.2) is 24.3 Å². The molecule has 0 aromatic rings. The molecule has 0 saturated heterocycles. The number of rotatable bonds is 18. The zero-order chi connectivity index (χ0) is 21.8. The van der Waals surface area contributed by atoms with Crippen LogP contribution in [-0.4, -0.2) is 55.6 Å². The van der Waals surface area contributed by atoms with Crippen molar-refractivity contribution in [2.45, 2.75) is 79.1 Å². The van der Waals surface area contributed by atoms with Gasteiger partial charge in [0.1, 0.15) is 0 Å². The Hall–Kier alpha value is -1.62. The van der Waals surface area contributed by atoms with E-state index in [9.17, 15) is 9.59 Å². The van der Waals surface area contributed by atoms with Crippen molar-refractivity contribution < 1.29 is 14.1 Å². The van der Waals surface area contributed by atoms with Crippen molar-refractivity contribution in [3.8, 4) is 0 Å². The van der Waals surface area contributed by atoms with E-state index in [1.807, 2.05) is 0 Å². The van der Waals surface area contributed by atoms with Gasteiger partial charge in [-0.2, -0.15) is 0 Å². The summed E-state index contributed by atoms with van der Waals surface area (Å²) in [6, 6.07) is 0. The summed E-state index contributed by atoms with van der Waals surface area (Å²) >= 11 is 0. The molecule has 2 amide bonds. The standard InChI is InChI=1S/C24H45N3O2/c1-5-9-11-13-15-17-23(28)25-19-21-27(7-3,8-4)22-20-26-24(29)18-16-14-12-10-6-2/h9-12H,5-8,13-22H2,1-4H3,(H-,25,26,28,29)/p+1/b11-9+,12-10+. The Morgan fingerprint density at radius 1 is 0.690 bits per heavy atom. The van der Waals surface area contributed by atoms with Crippen LogP contribution in [0.2, 0.25) is 0 Å². The van der Waals surface area contributed by atoms with Gasteiger partial charge in [0.2, 0.25) is 11.8 Å². The van der Waals surface area contributed by atoms with E-state index in [0.29, 0.717) is 25.9 Å². The van der Waals surface area contributed by atoms with Crippen molar-refractivity contribution in [2.75, 3.05) is 39.3 Å².